The summed E-state index contributed by atoms with van der Waals surface area (Å²) in [5.74, 6) is 0.419. The lowest BCUT2D eigenvalue weighted by molar-refractivity contribution is 0.102. The SMILES string of the molecule is COc1cc(NC(=O)c2c(C)nc3ccccn23)c2ncccc2c1. The molecule has 0 aliphatic carbocycles. The molecule has 4 rings (SSSR count). The standard InChI is InChI=1S/C19H16N4O2/c1-12-18(23-9-4-3-7-16(23)21-12)19(24)22-15-11-14(25-2)10-13-6-5-8-20-17(13)15/h3-11H,1-2H3,(H,22,24). The number of aryl methyl sites for hydroxylation is 1. The van der Waals surface area contributed by atoms with Crippen LogP contribution in [0.15, 0.2) is 54.9 Å². The number of nitrogens with zero attached hydrogens (tertiary/aromatic N) is 3. The third kappa shape index (κ3) is 2.57. The highest BCUT2D eigenvalue weighted by Crippen LogP contribution is 2.28. The summed E-state index contributed by atoms with van der Waals surface area (Å²) in [5, 5.41) is 3.85. The second kappa shape index (κ2) is 5.90. The number of anilines is 1. The predicted octanol–water partition coefficient (Wildman–Crippen LogP) is 3.45. The summed E-state index contributed by atoms with van der Waals surface area (Å²) in [4.78, 5) is 21.7. The molecule has 0 saturated carbocycles. The number of carbonyl (C=O) groups excluding carboxylic acids is 1. The molecule has 4 aromatic rings. The number of amides is 1. The van der Waals surface area contributed by atoms with Gasteiger partial charge in [-0.15, -0.1) is 0 Å². The lowest BCUT2D eigenvalue weighted by atomic mass is 10.1. The van der Waals surface area contributed by atoms with Crippen LogP contribution in [0.2, 0.25) is 0 Å². The van der Waals surface area contributed by atoms with E-state index in [-0.39, 0.29) is 5.91 Å². The summed E-state index contributed by atoms with van der Waals surface area (Å²) in [5.41, 5.74) is 3.22. The Morgan fingerprint density at radius 1 is 1.20 bits per heavy atom. The van der Waals surface area contributed by atoms with Gasteiger partial charge in [-0.25, -0.2) is 4.98 Å². The monoisotopic (exact) mass is 332 g/mol. The Hall–Kier alpha value is -3.41. The molecule has 0 unspecified atom stereocenters. The summed E-state index contributed by atoms with van der Waals surface area (Å²) in [7, 11) is 1.60. The number of hydrogen-bond donors (Lipinski definition) is 1. The van der Waals surface area contributed by atoms with Crippen molar-refractivity contribution in [3.63, 3.8) is 0 Å². The first-order chi connectivity index (χ1) is 12.2. The van der Waals surface area contributed by atoms with Crippen LogP contribution in [-0.4, -0.2) is 27.4 Å². The van der Waals surface area contributed by atoms with Crippen LogP contribution in [0.5, 0.6) is 5.75 Å². The molecule has 0 bridgehead atoms. The largest absolute Gasteiger partial charge is 0.497 e. The van der Waals surface area contributed by atoms with Crippen LogP contribution in [0, 0.1) is 6.92 Å². The second-order valence-electron chi connectivity index (χ2n) is 5.68. The molecule has 0 aliphatic heterocycles. The Balaban J connectivity index is 1.80. The minimum Gasteiger partial charge on any atom is -0.497 e. The molecule has 0 fully saturated rings. The summed E-state index contributed by atoms with van der Waals surface area (Å²) in [6.07, 6.45) is 3.52. The van der Waals surface area contributed by atoms with E-state index in [9.17, 15) is 4.79 Å². The Labute approximate surface area is 144 Å². The van der Waals surface area contributed by atoms with Crippen molar-refractivity contribution in [1.82, 2.24) is 14.4 Å². The van der Waals surface area contributed by atoms with Gasteiger partial charge in [-0.1, -0.05) is 12.1 Å². The van der Waals surface area contributed by atoms with E-state index in [1.807, 2.05) is 49.5 Å². The molecule has 3 aromatic heterocycles. The number of pyridine rings is 2. The van der Waals surface area contributed by atoms with Crippen molar-refractivity contribution < 1.29 is 9.53 Å². The van der Waals surface area contributed by atoms with Gasteiger partial charge in [0.25, 0.3) is 5.91 Å². The maximum Gasteiger partial charge on any atom is 0.274 e. The zero-order valence-electron chi connectivity index (χ0n) is 13.9. The van der Waals surface area contributed by atoms with E-state index in [2.05, 4.69) is 15.3 Å². The average molecular weight is 332 g/mol. The number of carbonyl (C=O) groups is 1. The van der Waals surface area contributed by atoms with Gasteiger partial charge in [0.2, 0.25) is 0 Å². The first-order valence-electron chi connectivity index (χ1n) is 7.85. The van der Waals surface area contributed by atoms with E-state index in [0.29, 0.717) is 28.3 Å². The third-order valence-electron chi connectivity index (χ3n) is 4.08. The Morgan fingerprint density at radius 3 is 2.92 bits per heavy atom. The lowest BCUT2D eigenvalue weighted by Gasteiger charge is -2.11. The molecule has 6 heteroatoms. The van der Waals surface area contributed by atoms with Gasteiger partial charge >= 0.3 is 0 Å². The summed E-state index contributed by atoms with van der Waals surface area (Å²) >= 11 is 0. The van der Waals surface area contributed by atoms with E-state index in [1.54, 1.807) is 23.8 Å². The maximum atomic E-state index is 12.9. The molecule has 0 radical (unpaired) electrons. The van der Waals surface area contributed by atoms with Crippen molar-refractivity contribution in [1.29, 1.82) is 0 Å². The van der Waals surface area contributed by atoms with Crippen LogP contribution < -0.4 is 10.1 Å². The van der Waals surface area contributed by atoms with Crippen molar-refractivity contribution in [2.45, 2.75) is 6.92 Å². The zero-order chi connectivity index (χ0) is 17.4. The van der Waals surface area contributed by atoms with Gasteiger partial charge < -0.3 is 10.1 Å². The first-order valence-corrected chi connectivity index (χ1v) is 7.85. The zero-order valence-corrected chi connectivity index (χ0v) is 13.9. The van der Waals surface area contributed by atoms with E-state index in [0.717, 1.165) is 11.0 Å². The van der Waals surface area contributed by atoms with Crippen LogP contribution in [0.1, 0.15) is 16.2 Å². The fourth-order valence-corrected chi connectivity index (χ4v) is 2.95. The summed E-state index contributed by atoms with van der Waals surface area (Å²) in [6.45, 7) is 1.82. The highest BCUT2D eigenvalue weighted by atomic mass is 16.5. The van der Waals surface area contributed by atoms with Crippen LogP contribution >= 0.6 is 0 Å². The molecular formula is C19H16N4O2. The number of rotatable bonds is 3. The van der Waals surface area contributed by atoms with E-state index in [1.165, 1.54) is 0 Å². The normalized spacial score (nSPS) is 11.0. The Bertz CT molecular complexity index is 1100. The minimum absolute atomic E-state index is 0.239. The number of ether oxygens (including phenoxy) is 1. The smallest absolute Gasteiger partial charge is 0.274 e. The highest BCUT2D eigenvalue weighted by molar-refractivity contribution is 6.08. The second-order valence-corrected chi connectivity index (χ2v) is 5.68. The number of imidazole rings is 1. The summed E-state index contributed by atoms with van der Waals surface area (Å²) < 4.78 is 7.11. The molecule has 3 heterocycles. The van der Waals surface area contributed by atoms with Crippen molar-refractivity contribution in [2.75, 3.05) is 12.4 Å². The van der Waals surface area contributed by atoms with E-state index < -0.39 is 0 Å². The number of methoxy groups -OCH3 is 1. The van der Waals surface area contributed by atoms with Crippen molar-refractivity contribution >= 4 is 28.1 Å². The van der Waals surface area contributed by atoms with Crippen molar-refractivity contribution in [3.05, 3.63) is 66.2 Å². The van der Waals surface area contributed by atoms with Crippen LogP contribution in [-0.2, 0) is 0 Å². The van der Waals surface area contributed by atoms with Gasteiger partial charge in [-0.3, -0.25) is 14.2 Å². The maximum absolute atomic E-state index is 12.9. The molecule has 1 aromatic carbocycles. The van der Waals surface area contributed by atoms with Gasteiger partial charge in [0.15, 0.2) is 0 Å². The number of fused-ring (bicyclic) bond motifs is 2. The molecule has 1 amide bonds. The molecule has 0 atom stereocenters. The molecule has 6 nitrogen and oxygen atoms in total. The van der Waals surface area contributed by atoms with E-state index >= 15 is 0 Å². The Morgan fingerprint density at radius 2 is 2.08 bits per heavy atom. The fraction of sp³-hybridized carbons (Fsp3) is 0.105. The van der Waals surface area contributed by atoms with Crippen LogP contribution in [0.25, 0.3) is 16.6 Å². The molecule has 124 valence electrons. The van der Waals surface area contributed by atoms with Gasteiger partial charge in [0, 0.05) is 23.8 Å². The van der Waals surface area contributed by atoms with Crippen LogP contribution in [0.4, 0.5) is 5.69 Å². The molecule has 0 aliphatic rings. The first kappa shape index (κ1) is 15.1. The number of hydrogen-bond acceptors (Lipinski definition) is 4. The number of nitrogens with one attached hydrogen (secondary N) is 1. The van der Waals surface area contributed by atoms with Crippen molar-refractivity contribution in [3.8, 4) is 5.75 Å². The molecule has 25 heavy (non-hydrogen) atoms. The van der Waals surface area contributed by atoms with E-state index in [4.69, 9.17) is 4.74 Å². The number of aromatic nitrogens is 3. The molecular weight excluding hydrogens is 316 g/mol. The highest BCUT2D eigenvalue weighted by Gasteiger charge is 2.18. The quantitative estimate of drug-likeness (QED) is 0.624. The molecule has 0 spiro atoms. The number of benzene rings is 1. The van der Waals surface area contributed by atoms with Crippen LogP contribution in [0.3, 0.4) is 0 Å². The van der Waals surface area contributed by atoms with Crippen molar-refractivity contribution in [2.24, 2.45) is 0 Å². The molecule has 1 N–H and O–H groups in total. The Kier molecular flexibility index (Phi) is 3.57. The predicted molar refractivity (Wildman–Crippen MR) is 96.2 cm³/mol. The lowest BCUT2D eigenvalue weighted by Crippen LogP contribution is -2.16. The molecule has 0 saturated heterocycles. The van der Waals surface area contributed by atoms with Gasteiger partial charge in [0.05, 0.1) is 24.0 Å². The summed E-state index contributed by atoms with van der Waals surface area (Å²) in [6, 6.07) is 13.1. The van der Waals surface area contributed by atoms with Gasteiger partial charge in [-0.2, -0.15) is 0 Å². The topological polar surface area (TPSA) is 68.5 Å². The third-order valence-corrected chi connectivity index (χ3v) is 4.08. The fourth-order valence-electron chi connectivity index (χ4n) is 2.95. The van der Waals surface area contributed by atoms with Gasteiger partial charge in [0.1, 0.15) is 17.1 Å². The minimum atomic E-state index is -0.239. The average Bonchev–Trinajstić information content (AvgIpc) is 2.97. The van der Waals surface area contributed by atoms with Gasteiger partial charge in [-0.05, 0) is 31.2 Å².